The van der Waals surface area contributed by atoms with Crippen molar-refractivity contribution in [3.63, 3.8) is 0 Å². The lowest BCUT2D eigenvalue weighted by Crippen LogP contribution is -2.27. The highest BCUT2D eigenvalue weighted by Gasteiger charge is 2.12. The van der Waals surface area contributed by atoms with Gasteiger partial charge < -0.3 is 5.32 Å². The van der Waals surface area contributed by atoms with Crippen molar-refractivity contribution in [2.75, 3.05) is 13.1 Å². The van der Waals surface area contributed by atoms with Crippen molar-refractivity contribution in [1.29, 1.82) is 0 Å². The van der Waals surface area contributed by atoms with Crippen LogP contribution in [0.2, 0.25) is 8.60 Å². The minimum atomic E-state index is 0. The SMILES string of the molecule is C[CH2][Mg][CH]1CCNCC1.Cl. The third kappa shape index (κ3) is 4.01. The third-order valence-electron chi connectivity index (χ3n) is 2.16. The van der Waals surface area contributed by atoms with Gasteiger partial charge in [0.25, 0.3) is 0 Å². The van der Waals surface area contributed by atoms with E-state index >= 15 is 0 Å². The van der Waals surface area contributed by atoms with E-state index in [1.54, 1.807) is 0 Å². The van der Waals surface area contributed by atoms with E-state index in [1.165, 1.54) is 34.5 Å². The molecule has 1 rings (SSSR count). The van der Waals surface area contributed by atoms with Crippen molar-refractivity contribution >= 4 is 32.8 Å². The molecule has 0 spiro atoms. The van der Waals surface area contributed by atoms with Crippen LogP contribution in [0.4, 0.5) is 0 Å². The highest BCUT2D eigenvalue weighted by Crippen LogP contribution is 2.17. The van der Waals surface area contributed by atoms with Crippen molar-refractivity contribution in [2.45, 2.75) is 28.4 Å². The molecule has 1 fully saturated rings. The van der Waals surface area contributed by atoms with Gasteiger partial charge in [0, 0.05) is 0 Å². The number of halogens is 1. The van der Waals surface area contributed by atoms with Crippen LogP contribution in [0, 0.1) is 0 Å². The Kier molecular flexibility index (Phi) is 7.39. The Morgan fingerprint density at radius 3 is 2.50 bits per heavy atom. The lowest BCUT2D eigenvalue weighted by atomic mass is 10.1. The average molecular weight is 174 g/mol. The Labute approximate surface area is 79.5 Å². The molecular formula is C7H16ClMgN. The summed E-state index contributed by atoms with van der Waals surface area (Å²) < 4.78 is 2.68. The van der Waals surface area contributed by atoms with Crippen LogP contribution in [-0.4, -0.2) is 33.5 Å². The second-order valence-corrected chi connectivity index (χ2v) is 5.71. The summed E-state index contributed by atoms with van der Waals surface area (Å²) in [4.78, 5) is 0. The van der Waals surface area contributed by atoms with E-state index in [4.69, 9.17) is 0 Å². The number of piperidine rings is 1. The minimum Gasteiger partial charge on any atom is -0.317 e. The van der Waals surface area contributed by atoms with E-state index in [1.807, 2.05) is 0 Å². The fraction of sp³-hybridized carbons (Fsp3) is 1.00. The standard InChI is InChI=1S/C5H10N.C2H5.ClH.Mg/c1-2-4-6-5-3-1;1-2;;/h1,6H,2-5H2;1H2,2H3;1H;. The van der Waals surface area contributed by atoms with E-state index in [0.717, 1.165) is 0 Å². The molecule has 1 nitrogen and oxygen atoms in total. The number of hydrogen-bond donors (Lipinski definition) is 1. The van der Waals surface area contributed by atoms with Crippen LogP contribution in [-0.2, 0) is 0 Å². The molecule has 1 N–H and O–H groups in total. The smallest absolute Gasteiger partial charge is 0.317 e. The zero-order valence-electron chi connectivity index (χ0n) is 6.73. The maximum atomic E-state index is 3.40. The first-order valence-electron chi connectivity index (χ1n) is 4.14. The van der Waals surface area contributed by atoms with E-state index in [2.05, 4.69) is 12.2 Å². The largest absolute Gasteiger partial charge is 0.368 e. The van der Waals surface area contributed by atoms with Gasteiger partial charge in [-0.1, -0.05) is 19.8 Å². The molecule has 0 aromatic carbocycles. The summed E-state index contributed by atoms with van der Waals surface area (Å²) in [6.45, 7) is 4.92. The van der Waals surface area contributed by atoms with Crippen molar-refractivity contribution in [1.82, 2.24) is 5.32 Å². The van der Waals surface area contributed by atoms with Gasteiger partial charge in [0.2, 0.25) is 0 Å². The van der Waals surface area contributed by atoms with E-state index < -0.39 is 0 Å². The molecule has 0 bridgehead atoms. The minimum absolute atomic E-state index is 0. The molecule has 0 radical (unpaired) electrons. The molecule has 1 saturated heterocycles. The second-order valence-electron chi connectivity index (χ2n) is 2.98. The van der Waals surface area contributed by atoms with Crippen LogP contribution < -0.4 is 5.32 Å². The molecule has 0 atom stereocenters. The average Bonchev–Trinajstić information content (AvgIpc) is 1.91. The van der Waals surface area contributed by atoms with Gasteiger partial charge in [0.05, 0.1) is 0 Å². The lowest BCUT2D eigenvalue weighted by Gasteiger charge is -2.21. The van der Waals surface area contributed by atoms with Crippen LogP contribution in [0.3, 0.4) is 0 Å². The van der Waals surface area contributed by atoms with Crippen LogP contribution in [0.25, 0.3) is 0 Å². The van der Waals surface area contributed by atoms with Gasteiger partial charge in [0.1, 0.15) is 0 Å². The molecular weight excluding hydrogens is 158 g/mol. The summed E-state index contributed by atoms with van der Waals surface area (Å²) in [5.41, 5.74) is 0. The first-order valence-corrected chi connectivity index (χ1v) is 5.96. The summed E-state index contributed by atoms with van der Waals surface area (Å²) in [6.07, 6.45) is 2.94. The van der Waals surface area contributed by atoms with Crippen LogP contribution in [0.1, 0.15) is 19.8 Å². The third-order valence-corrected chi connectivity index (χ3v) is 4.37. The predicted molar refractivity (Wildman–Crippen MR) is 49.3 cm³/mol. The van der Waals surface area contributed by atoms with Crippen molar-refractivity contribution in [3.05, 3.63) is 0 Å². The zero-order chi connectivity index (χ0) is 6.53. The number of rotatable bonds is 2. The van der Waals surface area contributed by atoms with Gasteiger partial charge in [-0.3, -0.25) is 0 Å². The number of nitrogens with one attached hydrogen (secondary N) is 1. The molecule has 1 aliphatic heterocycles. The summed E-state index contributed by atoms with van der Waals surface area (Å²) >= 11 is 0.336. The van der Waals surface area contributed by atoms with Gasteiger partial charge in [-0.05, 0) is 13.1 Å². The van der Waals surface area contributed by atoms with Crippen molar-refractivity contribution in [3.8, 4) is 0 Å². The van der Waals surface area contributed by atoms with Gasteiger partial charge in [0.15, 0.2) is 0 Å². The van der Waals surface area contributed by atoms with Crippen LogP contribution in [0.5, 0.6) is 0 Å². The van der Waals surface area contributed by atoms with E-state index in [0.29, 0.717) is 20.4 Å². The molecule has 10 heavy (non-hydrogen) atoms. The monoisotopic (exact) mass is 173 g/mol. The summed E-state index contributed by atoms with van der Waals surface area (Å²) in [7, 11) is 0. The first-order chi connectivity index (χ1) is 4.43. The van der Waals surface area contributed by atoms with Crippen LogP contribution >= 0.6 is 12.4 Å². The lowest BCUT2D eigenvalue weighted by molar-refractivity contribution is 0.516. The maximum Gasteiger partial charge on any atom is 0.368 e. The molecule has 0 aromatic rings. The Bertz CT molecular complexity index is 71.3. The molecule has 1 heterocycles. The zero-order valence-corrected chi connectivity index (χ0v) is 8.96. The van der Waals surface area contributed by atoms with E-state index in [-0.39, 0.29) is 12.4 Å². The Hall–Kier alpha value is 1.02. The normalized spacial score (nSPS) is 19.3. The molecule has 58 valence electrons. The number of hydrogen-bond acceptors (Lipinski definition) is 1. The topological polar surface area (TPSA) is 12.0 Å². The van der Waals surface area contributed by atoms with Crippen LogP contribution in [0.15, 0.2) is 0 Å². The Morgan fingerprint density at radius 2 is 2.00 bits per heavy atom. The molecule has 0 amide bonds. The van der Waals surface area contributed by atoms with Gasteiger partial charge in [-0.15, -0.1) is 21.0 Å². The van der Waals surface area contributed by atoms with Crippen molar-refractivity contribution < 1.29 is 0 Å². The molecule has 0 aliphatic carbocycles. The Balaban J connectivity index is 0.000000810. The van der Waals surface area contributed by atoms with Crippen molar-refractivity contribution in [2.24, 2.45) is 0 Å². The molecule has 0 saturated carbocycles. The maximum absolute atomic E-state index is 3.40. The first kappa shape index (κ1) is 11.0. The summed E-state index contributed by atoms with van der Waals surface area (Å²) in [5.74, 6) is 0. The highest BCUT2D eigenvalue weighted by molar-refractivity contribution is 6.37. The second kappa shape index (κ2) is 6.71. The summed E-state index contributed by atoms with van der Waals surface area (Å²) in [6, 6.07) is 0. The fourth-order valence-electron chi connectivity index (χ4n) is 1.58. The predicted octanol–water partition coefficient (Wildman–Crippen LogP) is 1.72. The highest BCUT2D eigenvalue weighted by atomic mass is 35.5. The fourth-order valence-corrected chi connectivity index (χ4v) is 3.38. The molecule has 1 aliphatic rings. The van der Waals surface area contributed by atoms with Gasteiger partial charge in [-0.25, -0.2) is 0 Å². The Morgan fingerprint density at radius 1 is 1.40 bits per heavy atom. The molecule has 0 aromatic heterocycles. The van der Waals surface area contributed by atoms with Gasteiger partial charge in [-0.2, -0.15) is 0 Å². The summed E-state index contributed by atoms with van der Waals surface area (Å²) in [5, 5.41) is 3.40. The quantitative estimate of drug-likeness (QED) is 0.628. The van der Waals surface area contributed by atoms with Gasteiger partial charge >= 0.3 is 20.4 Å². The molecule has 0 unspecified atom stereocenters. The molecule has 3 heteroatoms. The van der Waals surface area contributed by atoms with E-state index in [9.17, 15) is 0 Å².